The Labute approximate surface area is 193 Å². The van der Waals surface area contributed by atoms with Crippen LogP contribution in [0.5, 0.6) is 0 Å². The summed E-state index contributed by atoms with van der Waals surface area (Å²) in [5.41, 5.74) is 0.553. The van der Waals surface area contributed by atoms with Crippen molar-refractivity contribution in [3.05, 3.63) is 41.5 Å². The molecule has 2 aliphatic heterocycles. The van der Waals surface area contributed by atoms with Gasteiger partial charge in [0.25, 0.3) is 11.8 Å². The highest BCUT2D eigenvalue weighted by molar-refractivity contribution is 6.15. The highest BCUT2D eigenvalue weighted by Crippen LogP contribution is 2.45. The molecule has 0 radical (unpaired) electrons. The highest BCUT2D eigenvalue weighted by Gasteiger charge is 2.62. The van der Waals surface area contributed by atoms with Crippen molar-refractivity contribution in [2.75, 3.05) is 18.1 Å². The fraction of sp³-hybridized carbons (Fsp3) is 0.520. The van der Waals surface area contributed by atoms with Crippen LogP contribution >= 0.6 is 0 Å². The van der Waals surface area contributed by atoms with Crippen molar-refractivity contribution in [3.8, 4) is 0 Å². The molecule has 1 saturated heterocycles. The minimum atomic E-state index is -1.58. The first kappa shape index (κ1) is 23.0. The Morgan fingerprint density at radius 2 is 1.94 bits per heavy atom. The molecule has 2 heterocycles. The molecule has 0 saturated carbocycles. The van der Waals surface area contributed by atoms with Crippen molar-refractivity contribution in [1.82, 2.24) is 10.2 Å². The summed E-state index contributed by atoms with van der Waals surface area (Å²) < 4.78 is 5.43. The van der Waals surface area contributed by atoms with Crippen LogP contribution in [0, 0.1) is 0 Å². The number of para-hydroxylation sites is 1. The number of anilines is 1. The van der Waals surface area contributed by atoms with Crippen molar-refractivity contribution < 1.29 is 23.9 Å². The van der Waals surface area contributed by atoms with E-state index in [9.17, 15) is 19.2 Å². The van der Waals surface area contributed by atoms with E-state index in [4.69, 9.17) is 4.74 Å². The summed E-state index contributed by atoms with van der Waals surface area (Å²) in [4.78, 5) is 54.8. The van der Waals surface area contributed by atoms with E-state index in [-0.39, 0.29) is 30.7 Å². The Morgan fingerprint density at radius 1 is 1.15 bits per heavy atom. The number of fused-ring (bicyclic) bond motifs is 3. The number of benzene rings is 1. The van der Waals surface area contributed by atoms with Gasteiger partial charge >= 0.3 is 5.97 Å². The van der Waals surface area contributed by atoms with Crippen LogP contribution < -0.4 is 10.2 Å². The number of carbonyl (C=O) groups is 4. The number of nitrogens with zero attached hydrogens (tertiary/aromatic N) is 2. The van der Waals surface area contributed by atoms with Gasteiger partial charge < -0.3 is 15.0 Å². The van der Waals surface area contributed by atoms with E-state index in [1.165, 1.54) is 28.2 Å². The number of rotatable bonds is 7. The number of amides is 3. The van der Waals surface area contributed by atoms with Crippen LogP contribution in [-0.2, 0) is 19.1 Å². The summed E-state index contributed by atoms with van der Waals surface area (Å²) in [6.07, 6.45) is 7.82. The molecule has 0 bridgehead atoms. The van der Waals surface area contributed by atoms with Crippen molar-refractivity contribution in [2.45, 2.75) is 70.5 Å². The van der Waals surface area contributed by atoms with Gasteiger partial charge in [-0.3, -0.25) is 19.3 Å². The molecule has 33 heavy (non-hydrogen) atoms. The predicted molar refractivity (Wildman–Crippen MR) is 122 cm³/mol. The summed E-state index contributed by atoms with van der Waals surface area (Å²) in [5, 5.41) is 2.79. The van der Waals surface area contributed by atoms with Crippen LogP contribution in [0.15, 0.2) is 35.9 Å². The van der Waals surface area contributed by atoms with Gasteiger partial charge in [-0.2, -0.15) is 0 Å². The van der Waals surface area contributed by atoms with Crippen molar-refractivity contribution in [3.63, 3.8) is 0 Å². The molecule has 176 valence electrons. The molecule has 1 unspecified atom stereocenters. The van der Waals surface area contributed by atoms with Gasteiger partial charge in [-0.05, 0) is 58.1 Å². The molecule has 8 heteroatoms. The first-order valence-electron chi connectivity index (χ1n) is 11.7. The topological polar surface area (TPSA) is 96.0 Å². The third kappa shape index (κ3) is 4.14. The average Bonchev–Trinajstić information content (AvgIpc) is 3.16. The quantitative estimate of drug-likeness (QED) is 0.506. The predicted octanol–water partition coefficient (Wildman–Crippen LogP) is 2.92. The number of hydrogen-bond donors (Lipinski definition) is 1. The van der Waals surface area contributed by atoms with E-state index in [1.807, 2.05) is 0 Å². The molecule has 0 aromatic heterocycles. The summed E-state index contributed by atoms with van der Waals surface area (Å²) in [5.74, 6) is -1.72. The lowest BCUT2D eigenvalue weighted by Gasteiger charge is -2.50. The van der Waals surface area contributed by atoms with Crippen LogP contribution in [0.1, 0.15) is 69.2 Å². The lowest BCUT2D eigenvalue weighted by atomic mass is 9.95. The molecular formula is C25H31N3O5. The lowest BCUT2D eigenvalue weighted by Crippen LogP contribution is -2.70. The molecule has 1 fully saturated rings. The van der Waals surface area contributed by atoms with Gasteiger partial charge in [0, 0.05) is 25.4 Å². The lowest BCUT2D eigenvalue weighted by molar-refractivity contribution is -0.161. The van der Waals surface area contributed by atoms with Crippen molar-refractivity contribution >= 4 is 29.4 Å². The summed E-state index contributed by atoms with van der Waals surface area (Å²) in [6, 6.07) is 6.43. The Kier molecular flexibility index (Phi) is 6.54. The fourth-order valence-electron chi connectivity index (χ4n) is 5.17. The van der Waals surface area contributed by atoms with E-state index in [2.05, 4.69) is 11.4 Å². The number of allylic oxidation sites excluding steroid dienone is 1. The van der Waals surface area contributed by atoms with E-state index in [0.29, 0.717) is 17.8 Å². The molecule has 8 nitrogen and oxygen atoms in total. The molecule has 3 aliphatic rings. The molecule has 1 aliphatic carbocycles. The molecule has 3 amide bonds. The maximum absolute atomic E-state index is 13.4. The van der Waals surface area contributed by atoms with Crippen molar-refractivity contribution in [2.24, 2.45) is 0 Å². The average molecular weight is 454 g/mol. The smallest absolute Gasteiger partial charge is 0.354 e. The normalized spacial score (nSPS) is 22.1. The highest BCUT2D eigenvalue weighted by atomic mass is 16.5. The number of nitrogens with one attached hydrogen (secondary N) is 1. The fourth-order valence-corrected chi connectivity index (χ4v) is 5.17. The van der Waals surface area contributed by atoms with Crippen LogP contribution in [0.3, 0.4) is 0 Å². The maximum atomic E-state index is 13.4. The zero-order valence-electron chi connectivity index (χ0n) is 19.3. The van der Waals surface area contributed by atoms with E-state index in [0.717, 1.165) is 19.3 Å². The van der Waals surface area contributed by atoms with Gasteiger partial charge in [0.2, 0.25) is 11.6 Å². The Balaban J connectivity index is 1.49. The van der Waals surface area contributed by atoms with E-state index >= 15 is 0 Å². The summed E-state index contributed by atoms with van der Waals surface area (Å²) >= 11 is 0. The van der Waals surface area contributed by atoms with E-state index in [1.54, 1.807) is 38.1 Å². The minimum absolute atomic E-state index is 0.112. The zero-order valence-corrected chi connectivity index (χ0v) is 19.3. The molecule has 0 spiro atoms. The summed E-state index contributed by atoms with van der Waals surface area (Å²) in [7, 11) is 0. The number of ether oxygens (including phenoxy) is 1. The zero-order chi connectivity index (χ0) is 23.6. The van der Waals surface area contributed by atoms with Gasteiger partial charge in [-0.25, -0.2) is 4.79 Å². The third-order valence-electron chi connectivity index (χ3n) is 6.63. The molecule has 1 atom stereocenters. The molecule has 1 N–H and O–H groups in total. The van der Waals surface area contributed by atoms with Crippen LogP contribution in [-0.4, -0.2) is 53.4 Å². The second kappa shape index (κ2) is 9.37. The van der Waals surface area contributed by atoms with Gasteiger partial charge in [-0.1, -0.05) is 23.8 Å². The second-order valence-electron chi connectivity index (χ2n) is 9.12. The van der Waals surface area contributed by atoms with Crippen LogP contribution in [0.2, 0.25) is 0 Å². The molecular weight excluding hydrogens is 422 g/mol. The number of carbonyl (C=O) groups excluding carboxylic acids is 4. The van der Waals surface area contributed by atoms with Gasteiger partial charge in [0.15, 0.2) is 6.61 Å². The largest absolute Gasteiger partial charge is 0.452 e. The first-order valence-corrected chi connectivity index (χ1v) is 11.7. The molecule has 1 aromatic rings. The Bertz CT molecular complexity index is 1000. The van der Waals surface area contributed by atoms with Crippen LogP contribution in [0.25, 0.3) is 0 Å². The molecule has 4 rings (SSSR count). The van der Waals surface area contributed by atoms with Crippen LogP contribution in [0.4, 0.5) is 5.69 Å². The monoisotopic (exact) mass is 453 g/mol. The molecule has 1 aromatic carbocycles. The Hall–Kier alpha value is -3.16. The standard InChI is InChI=1S/C25H31N3O5/c1-17(2)27-23(31)19-10-6-7-11-20(19)28-22(30)12-14-25(27,28)24(32)33-16-21(29)26-15-13-18-8-4-3-5-9-18/h6-8,10-11,17H,3-5,9,12-16H2,1-2H3,(H,26,29). The maximum Gasteiger partial charge on any atom is 0.354 e. The van der Waals surface area contributed by atoms with Gasteiger partial charge in [-0.15, -0.1) is 0 Å². The number of esters is 1. The van der Waals surface area contributed by atoms with Gasteiger partial charge in [0.1, 0.15) is 0 Å². The Morgan fingerprint density at radius 3 is 2.67 bits per heavy atom. The number of hydrogen-bond acceptors (Lipinski definition) is 5. The SMILES string of the molecule is CC(C)N1C(=O)c2ccccc2N2C(=O)CCC21C(=O)OCC(=O)NCCC1=CCCCC1. The minimum Gasteiger partial charge on any atom is -0.452 e. The van der Waals surface area contributed by atoms with Crippen molar-refractivity contribution in [1.29, 1.82) is 0 Å². The second-order valence-corrected chi connectivity index (χ2v) is 9.12. The third-order valence-corrected chi connectivity index (χ3v) is 6.63. The summed E-state index contributed by atoms with van der Waals surface area (Å²) in [6.45, 7) is 3.63. The van der Waals surface area contributed by atoms with Gasteiger partial charge in [0.05, 0.1) is 11.3 Å². The first-order chi connectivity index (χ1) is 15.9. The van der Waals surface area contributed by atoms with E-state index < -0.39 is 24.1 Å².